The van der Waals surface area contributed by atoms with Gasteiger partial charge in [0.2, 0.25) is 0 Å². The Kier molecular flexibility index (Phi) is 6.43. The van der Waals surface area contributed by atoms with Gasteiger partial charge in [0.05, 0.1) is 6.61 Å². The first-order valence-electron chi connectivity index (χ1n) is 8.08. The minimum Gasteiger partial charge on any atom is -0.490 e. The summed E-state index contributed by atoms with van der Waals surface area (Å²) in [6, 6.07) is 13.0. The molecule has 0 radical (unpaired) electrons. The van der Waals surface area contributed by atoms with Gasteiger partial charge >= 0.3 is 0 Å². The fraction of sp³-hybridized carbons (Fsp3) is 0.250. The van der Waals surface area contributed by atoms with E-state index in [4.69, 9.17) is 9.47 Å². The second-order valence-corrected chi connectivity index (χ2v) is 5.20. The minimum absolute atomic E-state index is 0.185. The second-order valence-electron chi connectivity index (χ2n) is 5.20. The van der Waals surface area contributed by atoms with Gasteiger partial charge in [-0.25, -0.2) is 0 Å². The molecule has 0 aromatic heterocycles. The van der Waals surface area contributed by atoms with E-state index in [1.165, 1.54) is 5.56 Å². The number of ether oxygens (including phenoxy) is 2. The maximum atomic E-state index is 12.4. The number of amides is 1. The number of carbonyl (C=O) groups is 1. The van der Waals surface area contributed by atoms with Gasteiger partial charge in [-0.2, -0.15) is 0 Å². The van der Waals surface area contributed by atoms with E-state index in [9.17, 15) is 4.79 Å². The summed E-state index contributed by atoms with van der Waals surface area (Å²) in [4.78, 5) is 12.4. The first-order chi connectivity index (χ1) is 11.7. The van der Waals surface area contributed by atoms with Gasteiger partial charge in [0.15, 0.2) is 11.5 Å². The first kappa shape index (κ1) is 17.6. The number of hydrogen-bond acceptors (Lipinski definition) is 3. The molecular weight excluding hydrogens is 302 g/mol. The number of rotatable bonds is 8. The molecule has 0 unspecified atom stereocenters. The molecule has 2 rings (SSSR count). The summed E-state index contributed by atoms with van der Waals surface area (Å²) in [6.45, 7) is 8.49. The quantitative estimate of drug-likeness (QED) is 0.729. The van der Waals surface area contributed by atoms with Crippen LogP contribution in [0.4, 0.5) is 5.69 Å². The lowest BCUT2D eigenvalue weighted by Gasteiger charge is -2.12. The third-order valence-electron chi connectivity index (χ3n) is 3.48. The average molecular weight is 325 g/mol. The van der Waals surface area contributed by atoms with E-state index < -0.39 is 0 Å². The molecule has 1 amide bonds. The number of aryl methyl sites for hydroxylation is 1. The van der Waals surface area contributed by atoms with Crippen molar-refractivity contribution in [2.45, 2.75) is 20.3 Å². The molecule has 0 fully saturated rings. The van der Waals surface area contributed by atoms with Crippen molar-refractivity contribution in [3.8, 4) is 11.5 Å². The Morgan fingerprint density at radius 3 is 2.46 bits per heavy atom. The van der Waals surface area contributed by atoms with E-state index >= 15 is 0 Å². The number of carbonyl (C=O) groups excluding carboxylic acids is 1. The van der Waals surface area contributed by atoms with Crippen molar-refractivity contribution in [3.05, 3.63) is 66.2 Å². The van der Waals surface area contributed by atoms with Gasteiger partial charge in [0.25, 0.3) is 5.91 Å². The number of anilines is 1. The molecule has 126 valence electrons. The minimum atomic E-state index is -0.185. The molecule has 4 heteroatoms. The molecule has 0 aliphatic heterocycles. The van der Waals surface area contributed by atoms with Crippen molar-refractivity contribution in [1.82, 2.24) is 0 Å². The Hall–Kier alpha value is -2.75. The van der Waals surface area contributed by atoms with Crippen LogP contribution in [0.25, 0.3) is 0 Å². The zero-order valence-corrected chi connectivity index (χ0v) is 14.2. The molecule has 2 aromatic rings. The fourth-order valence-corrected chi connectivity index (χ4v) is 2.21. The molecule has 0 saturated heterocycles. The average Bonchev–Trinajstić information content (AvgIpc) is 2.61. The van der Waals surface area contributed by atoms with Crippen LogP contribution in [-0.2, 0) is 6.42 Å². The van der Waals surface area contributed by atoms with Gasteiger partial charge in [-0.15, -0.1) is 0 Å². The third-order valence-corrected chi connectivity index (χ3v) is 3.48. The second kappa shape index (κ2) is 8.77. The Morgan fingerprint density at radius 2 is 1.83 bits per heavy atom. The van der Waals surface area contributed by atoms with E-state index in [1.54, 1.807) is 24.3 Å². The van der Waals surface area contributed by atoms with Crippen LogP contribution in [0.1, 0.15) is 29.8 Å². The van der Waals surface area contributed by atoms with Crippen molar-refractivity contribution in [2.75, 3.05) is 18.5 Å². The van der Waals surface area contributed by atoms with Crippen LogP contribution in [0.5, 0.6) is 11.5 Å². The van der Waals surface area contributed by atoms with Crippen LogP contribution in [0.15, 0.2) is 55.1 Å². The lowest BCUT2D eigenvalue weighted by molar-refractivity contribution is 0.102. The SMILES string of the molecule is C=CCOc1ccc(C(=O)Nc2ccc(CC)cc2)cc1OCC. The Bertz CT molecular complexity index is 693. The smallest absolute Gasteiger partial charge is 0.255 e. The van der Waals surface area contributed by atoms with Gasteiger partial charge in [0.1, 0.15) is 6.61 Å². The third kappa shape index (κ3) is 4.62. The van der Waals surface area contributed by atoms with Gasteiger partial charge in [0, 0.05) is 11.3 Å². The molecular formula is C20H23NO3. The summed E-state index contributed by atoms with van der Waals surface area (Å²) in [7, 11) is 0. The molecule has 0 aliphatic rings. The molecule has 24 heavy (non-hydrogen) atoms. The summed E-state index contributed by atoms with van der Waals surface area (Å²) < 4.78 is 11.1. The molecule has 0 heterocycles. The number of hydrogen-bond donors (Lipinski definition) is 1. The molecule has 1 N–H and O–H groups in total. The van der Waals surface area contributed by atoms with Crippen molar-refractivity contribution >= 4 is 11.6 Å². The molecule has 4 nitrogen and oxygen atoms in total. The van der Waals surface area contributed by atoms with Gasteiger partial charge < -0.3 is 14.8 Å². The van der Waals surface area contributed by atoms with E-state index in [0.29, 0.717) is 30.3 Å². The summed E-state index contributed by atoms with van der Waals surface area (Å²) in [5.74, 6) is 0.962. The van der Waals surface area contributed by atoms with Crippen LogP contribution in [-0.4, -0.2) is 19.1 Å². The van der Waals surface area contributed by atoms with Crippen molar-refractivity contribution in [3.63, 3.8) is 0 Å². The lowest BCUT2D eigenvalue weighted by Crippen LogP contribution is -2.12. The highest BCUT2D eigenvalue weighted by Gasteiger charge is 2.12. The van der Waals surface area contributed by atoms with Gasteiger partial charge in [-0.1, -0.05) is 31.7 Å². The predicted octanol–water partition coefficient (Wildman–Crippen LogP) is 4.46. The highest BCUT2D eigenvalue weighted by Crippen LogP contribution is 2.29. The van der Waals surface area contributed by atoms with Crippen LogP contribution in [0.2, 0.25) is 0 Å². The highest BCUT2D eigenvalue weighted by molar-refractivity contribution is 6.04. The largest absolute Gasteiger partial charge is 0.490 e. The monoisotopic (exact) mass is 325 g/mol. The van der Waals surface area contributed by atoms with E-state index in [2.05, 4.69) is 18.8 Å². The summed E-state index contributed by atoms with van der Waals surface area (Å²) in [6.07, 6.45) is 2.63. The van der Waals surface area contributed by atoms with Crippen LogP contribution < -0.4 is 14.8 Å². The van der Waals surface area contributed by atoms with E-state index in [1.807, 2.05) is 31.2 Å². The molecule has 0 atom stereocenters. The Labute approximate surface area is 143 Å². The fourth-order valence-electron chi connectivity index (χ4n) is 2.21. The van der Waals surface area contributed by atoms with Gasteiger partial charge in [-0.05, 0) is 49.2 Å². The van der Waals surface area contributed by atoms with Crippen LogP contribution in [0, 0.1) is 0 Å². The number of benzene rings is 2. The predicted molar refractivity (Wildman–Crippen MR) is 97.1 cm³/mol. The maximum absolute atomic E-state index is 12.4. The van der Waals surface area contributed by atoms with Gasteiger partial charge in [-0.3, -0.25) is 4.79 Å². The molecule has 0 bridgehead atoms. The van der Waals surface area contributed by atoms with Crippen molar-refractivity contribution < 1.29 is 14.3 Å². The summed E-state index contributed by atoms with van der Waals surface area (Å²) in [5.41, 5.74) is 2.52. The first-order valence-corrected chi connectivity index (χ1v) is 8.08. The normalized spacial score (nSPS) is 10.1. The highest BCUT2D eigenvalue weighted by atomic mass is 16.5. The Morgan fingerprint density at radius 1 is 1.08 bits per heavy atom. The molecule has 0 saturated carbocycles. The lowest BCUT2D eigenvalue weighted by atomic mass is 10.1. The molecule has 0 spiro atoms. The van der Waals surface area contributed by atoms with E-state index in [0.717, 1.165) is 12.1 Å². The van der Waals surface area contributed by atoms with Crippen molar-refractivity contribution in [2.24, 2.45) is 0 Å². The molecule has 0 aliphatic carbocycles. The maximum Gasteiger partial charge on any atom is 0.255 e. The molecule has 2 aromatic carbocycles. The number of nitrogens with one attached hydrogen (secondary N) is 1. The standard InChI is InChI=1S/C20H23NO3/c1-4-13-24-18-12-9-16(14-19(18)23-6-3)20(22)21-17-10-7-15(5-2)8-11-17/h4,7-12,14H,1,5-6,13H2,2-3H3,(H,21,22). The van der Waals surface area contributed by atoms with Crippen molar-refractivity contribution in [1.29, 1.82) is 0 Å². The topological polar surface area (TPSA) is 47.6 Å². The zero-order valence-electron chi connectivity index (χ0n) is 14.2. The van der Waals surface area contributed by atoms with Crippen LogP contribution in [0.3, 0.4) is 0 Å². The van der Waals surface area contributed by atoms with Crippen LogP contribution >= 0.6 is 0 Å². The zero-order chi connectivity index (χ0) is 17.4. The Balaban J connectivity index is 2.15. The summed E-state index contributed by atoms with van der Waals surface area (Å²) >= 11 is 0. The van der Waals surface area contributed by atoms with E-state index in [-0.39, 0.29) is 5.91 Å². The summed E-state index contributed by atoms with van der Waals surface area (Å²) in [5, 5.41) is 2.89.